The van der Waals surface area contributed by atoms with E-state index < -0.39 is 11.8 Å². The van der Waals surface area contributed by atoms with E-state index in [-0.39, 0.29) is 24.0 Å². The lowest BCUT2D eigenvalue weighted by atomic mass is 10.1. The molecule has 4 N–H and O–H groups in total. The van der Waals surface area contributed by atoms with Crippen molar-refractivity contribution in [1.29, 1.82) is 0 Å². The van der Waals surface area contributed by atoms with Crippen molar-refractivity contribution in [2.75, 3.05) is 10.6 Å². The molecule has 0 fully saturated rings. The number of halogens is 1. The number of carbonyl (C=O) groups is 2. The molecule has 0 unspecified atom stereocenters. The van der Waals surface area contributed by atoms with Crippen LogP contribution in [0.4, 0.5) is 21.5 Å². The van der Waals surface area contributed by atoms with Crippen molar-refractivity contribution >= 4 is 39.8 Å². The predicted octanol–water partition coefficient (Wildman–Crippen LogP) is 5.29. The van der Waals surface area contributed by atoms with Crippen molar-refractivity contribution in [3.05, 3.63) is 83.8 Å². The minimum Gasteiger partial charge on any atom is -0.486 e. The second-order valence-electron chi connectivity index (χ2n) is 7.20. The first-order valence-electron chi connectivity index (χ1n) is 9.80. The van der Waals surface area contributed by atoms with Crippen LogP contribution in [0.1, 0.15) is 23.0 Å². The van der Waals surface area contributed by atoms with Crippen LogP contribution in [0.25, 0.3) is 10.9 Å². The standard InChI is InChI=1S/C24H20FN3O4/c1-14(29)26-17-9-20(18-12-22(24(30)31)28-21(18)10-17)27-16-7-8-19(25)23(11-16)32-13-15-5-3-2-4-6-15/h2-12,27-28H,13H2,1H3,(H,26,29)(H,30,31). The van der Waals surface area contributed by atoms with E-state index in [0.29, 0.717) is 28.0 Å². The maximum atomic E-state index is 14.3. The van der Waals surface area contributed by atoms with Crippen molar-refractivity contribution < 1.29 is 23.8 Å². The number of benzene rings is 3. The molecule has 0 spiro atoms. The molecule has 8 heteroatoms. The fourth-order valence-electron chi connectivity index (χ4n) is 3.31. The number of ether oxygens (including phenoxy) is 1. The number of aromatic nitrogens is 1. The summed E-state index contributed by atoms with van der Waals surface area (Å²) < 4.78 is 19.9. The van der Waals surface area contributed by atoms with Crippen molar-refractivity contribution in [2.24, 2.45) is 0 Å². The van der Waals surface area contributed by atoms with Gasteiger partial charge in [0.05, 0.1) is 11.2 Å². The Labute approximate surface area is 182 Å². The normalized spacial score (nSPS) is 10.7. The zero-order valence-corrected chi connectivity index (χ0v) is 17.1. The number of hydrogen-bond donors (Lipinski definition) is 4. The van der Waals surface area contributed by atoms with Crippen LogP contribution < -0.4 is 15.4 Å². The third-order valence-electron chi connectivity index (χ3n) is 4.74. The Morgan fingerprint density at radius 1 is 1.03 bits per heavy atom. The van der Waals surface area contributed by atoms with Crippen molar-refractivity contribution in [3.8, 4) is 5.75 Å². The molecular formula is C24H20FN3O4. The largest absolute Gasteiger partial charge is 0.486 e. The SMILES string of the molecule is CC(=O)Nc1cc(Nc2ccc(F)c(OCc3ccccc3)c2)c2cc(C(=O)O)[nH]c2c1. The van der Waals surface area contributed by atoms with Crippen molar-refractivity contribution in [1.82, 2.24) is 4.98 Å². The van der Waals surface area contributed by atoms with Gasteiger partial charge in [0.25, 0.3) is 0 Å². The van der Waals surface area contributed by atoms with Gasteiger partial charge in [-0.05, 0) is 35.9 Å². The number of carboxylic acid groups (broad SMARTS) is 1. The van der Waals surface area contributed by atoms with Crippen molar-refractivity contribution in [3.63, 3.8) is 0 Å². The first-order valence-corrected chi connectivity index (χ1v) is 9.80. The molecule has 4 rings (SSSR count). The number of aromatic carboxylic acids is 1. The summed E-state index contributed by atoms with van der Waals surface area (Å²) in [4.78, 5) is 25.7. The van der Waals surface area contributed by atoms with Gasteiger partial charge in [0.15, 0.2) is 11.6 Å². The first kappa shape index (κ1) is 20.9. The highest BCUT2D eigenvalue weighted by Gasteiger charge is 2.14. The summed E-state index contributed by atoms with van der Waals surface area (Å²) in [5.74, 6) is -1.79. The zero-order valence-electron chi connectivity index (χ0n) is 17.1. The summed E-state index contributed by atoms with van der Waals surface area (Å²) in [5, 5.41) is 15.8. The monoisotopic (exact) mass is 433 g/mol. The molecule has 1 aromatic heterocycles. The molecule has 32 heavy (non-hydrogen) atoms. The van der Waals surface area contributed by atoms with Gasteiger partial charge in [0, 0.05) is 29.8 Å². The van der Waals surface area contributed by atoms with Crippen LogP contribution in [0.2, 0.25) is 0 Å². The number of carbonyl (C=O) groups excluding carboxylic acids is 1. The molecule has 1 amide bonds. The molecule has 0 atom stereocenters. The Hall–Kier alpha value is -4.33. The maximum absolute atomic E-state index is 14.3. The molecule has 0 aliphatic heterocycles. The number of nitrogens with one attached hydrogen (secondary N) is 3. The van der Waals surface area contributed by atoms with E-state index in [1.54, 1.807) is 18.2 Å². The highest BCUT2D eigenvalue weighted by atomic mass is 19.1. The third-order valence-corrected chi connectivity index (χ3v) is 4.74. The van der Waals surface area contributed by atoms with Crippen LogP contribution in [0.15, 0.2) is 66.7 Å². The summed E-state index contributed by atoms with van der Waals surface area (Å²) >= 11 is 0. The number of carboxylic acids is 1. The highest BCUT2D eigenvalue weighted by molar-refractivity contribution is 6.03. The fraction of sp³-hybridized carbons (Fsp3) is 0.0833. The average Bonchev–Trinajstić information content (AvgIpc) is 3.19. The van der Waals surface area contributed by atoms with E-state index in [1.165, 1.54) is 25.1 Å². The van der Waals surface area contributed by atoms with Gasteiger partial charge in [0.2, 0.25) is 5.91 Å². The molecule has 0 aliphatic carbocycles. The number of amides is 1. The molecule has 1 heterocycles. The Morgan fingerprint density at radius 3 is 2.53 bits per heavy atom. The third kappa shape index (κ3) is 4.70. The van der Waals surface area contributed by atoms with Gasteiger partial charge in [-0.1, -0.05) is 30.3 Å². The molecule has 3 aromatic carbocycles. The Balaban J connectivity index is 1.65. The van der Waals surface area contributed by atoms with E-state index >= 15 is 0 Å². The van der Waals surface area contributed by atoms with Crippen LogP contribution in [0.5, 0.6) is 5.75 Å². The predicted molar refractivity (Wildman–Crippen MR) is 120 cm³/mol. The van der Waals surface area contributed by atoms with Crippen LogP contribution in [0, 0.1) is 5.82 Å². The van der Waals surface area contributed by atoms with E-state index in [1.807, 2.05) is 30.3 Å². The number of H-pyrrole nitrogens is 1. The second-order valence-corrected chi connectivity index (χ2v) is 7.20. The zero-order chi connectivity index (χ0) is 22.7. The minimum absolute atomic E-state index is 0.00835. The molecule has 0 bridgehead atoms. The Bertz CT molecular complexity index is 1300. The first-order chi connectivity index (χ1) is 15.4. The lowest BCUT2D eigenvalue weighted by Crippen LogP contribution is -2.06. The van der Waals surface area contributed by atoms with Crippen LogP contribution >= 0.6 is 0 Å². The van der Waals surface area contributed by atoms with Crippen LogP contribution in [-0.4, -0.2) is 22.0 Å². The van der Waals surface area contributed by atoms with Gasteiger partial charge in [-0.15, -0.1) is 0 Å². The number of rotatable bonds is 7. The van der Waals surface area contributed by atoms with Gasteiger partial charge in [0.1, 0.15) is 12.3 Å². The summed E-state index contributed by atoms with van der Waals surface area (Å²) in [6, 6.07) is 18.6. The summed E-state index contributed by atoms with van der Waals surface area (Å²) in [5.41, 5.74) is 3.00. The van der Waals surface area contributed by atoms with Gasteiger partial charge >= 0.3 is 5.97 Å². The number of anilines is 3. The van der Waals surface area contributed by atoms with Gasteiger partial charge in [-0.3, -0.25) is 4.79 Å². The van der Waals surface area contributed by atoms with E-state index in [2.05, 4.69) is 15.6 Å². The molecule has 0 aliphatic rings. The molecule has 0 saturated carbocycles. The summed E-state index contributed by atoms with van der Waals surface area (Å²) in [7, 11) is 0. The smallest absolute Gasteiger partial charge is 0.352 e. The Morgan fingerprint density at radius 2 is 1.81 bits per heavy atom. The number of fused-ring (bicyclic) bond motifs is 1. The molecule has 162 valence electrons. The minimum atomic E-state index is -1.10. The van der Waals surface area contributed by atoms with Gasteiger partial charge in [-0.25, -0.2) is 9.18 Å². The summed E-state index contributed by atoms with van der Waals surface area (Å²) in [6.45, 7) is 1.59. The molecule has 4 aromatic rings. The molecule has 0 radical (unpaired) electrons. The number of aromatic amines is 1. The maximum Gasteiger partial charge on any atom is 0.352 e. The van der Waals surface area contributed by atoms with Crippen LogP contribution in [0.3, 0.4) is 0 Å². The highest BCUT2D eigenvalue weighted by Crippen LogP contribution is 2.33. The molecule has 7 nitrogen and oxygen atoms in total. The number of hydrogen-bond acceptors (Lipinski definition) is 4. The van der Waals surface area contributed by atoms with Gasteiger partial charge < -0.3 is 25.5 Å². The lowest BCUT2D eigenvalue weighted by molar-refractivity contribution is -0.114. The van der Waals surface area contributed by atoms with Crippen LogP contribution in [-0.2, 0) is 11.4 Å². The molecule has 0 saturated heterocycles. The molecular weight excluding hydrogens is 413 g/mol. The van der Waals surface area contributed by atoms with Gasteiger partial charge in [-0.2, -0.15) is 0 Å². The van der Waals surface area contributed by atoms with E-state index in [4.69, 9.17) is 4.74 Å². The fourth-order valence-corrected chi connectivity index (χ4v) is 3.31. The van der Waals surface area contributed by atoms with E-state index in [0.717, 1.165) is 5.56 Å². The average molecular weight is 433 g/mol. The van der Waals surface area contributed by atoms with E-state index in [9.17, 15) is 19.1 Å². The Kier molecular flexibility index (Phi) is 5.76. The second kappa shape index (κ2) is 8.81. The lowest BCUT2D eigenvalue weighted by Gasteiger charge is -2.13. The topological polar surface area (TPSA) is 103 Å². The summed E-state index contributed by atoms with van der Waals surface area (Å²) in [6.07, 6.45) is 0. The van der Waals surface area contributed by atoms with Crippen molar-refractivity contribution in [2.45, 2.75) is 13.5 Å². The quantitative estimate of drug-likeness (QED) is 0.317.